The third kappa shape index (κ3) is 2.91. The van der Waals surface area contributed by atoms with E-state index in [1.54, 1.807) is 0 Å². The number of hydrogen-bond donors (Lipinski definition) is 1. The van der Waals surface area contributed by atoms with Crippen LogP contribution in [0.3, 0.4) is 0 Å². The average molecular weight is 245 g/mol. The zero-order chi connectivity index (χ0) is 13.1. The highest BCUT2D eigenvalue weighted by Gasteiger charge is 2.04. The Kier molecular flexibility index (Phi) is 4.02. The van der Waals surface area contributed by atoms with Gasteiger partial charge in [0.05, 0.1) is 11.0 Å². The van der Waals surface area contributed by atoms with Gasteiger partial charge in [0.1, 0.15) is 5.82 Å². The standard InChI is InChI=1S/C15H23N3/c1-11(2)10-16-8-7-13-5-6-15-14(9-13)17-12(3)18(15)4/h5-6,9,11,16H,7-8,10H2,1-4H3. The van der Waals surface area contributed by atoms with Crippen molar-refractivity contribution in [2.24, 2.45) is 13.0 Å². The third-order valence-electron chi connectivity index (χ3n) is 3.31. The van der Waals surface area contributed by atoms with Gasteiger partial charge in [0.2, 0.25) is 0 Å². The number of imidazole rings is 1. The fourth-order valence-electron chi connectivity index (χ4n) is 2.14. The van der Waals surface area contributed by atoms with E-state index in [0.29, 0.717) is 5.92 Å². The molecular formula is C15H23N3. The molecule has 3 nitrogen and oxygen atoms in total. The van der Waals surface area contributed by atoms with E-state index in [-0.39, 0.29) is 0 Å². The van der Waals surface area contributed by atoms with Crippen LogP contribution in [-0.4, -0.2) is 22.6 Å². The van der Waals surface area contributed by atoms with Gasteiger partial charge < -0.3 is 9.88 Å². The van der Waals surface area contributed by atoms with Crippen LogP contribution in [0.4, 0.5) is 0 Å². The molecule has 0 fully saturated rings. The Morgan fingerprint density at radius 1 is 1.33 bits per heavy atom. The van der Waals surface area contributed by atoms with Gasteiger partial charge in [-0.2, -0.15) is 0 Å². The summed E-state index contributed by atoms with van der Waals surface area (Å²) in [6, 6.07) is 6.59. The molecule has 0 aliphatic heterocycles. The minimum Gasteiger partial charge on any atom is -0.331 e. The van der Waals surface area contributed by atoms with Gasteiger partial charge in [-0.25, -0.2) is 4.98 Å². The Balaban J connectivity index is 2.02. The maximum absolute atomic E-state index is 4.57. The summed E-state index contributed by atoms with van der Waals surface area (Å²) < 4.78 is 2.14. The summed E-state index contributed by atoms with van der Waals surface area (Å²) in [5.74, 6) is 1.78. The first kappa shape index (κ1) is 13.1. The maximum Gasteiger partial charge on any atom is 0.106 e. The normalized spacial score (nSPS) is 11.6. The van der Waals surface area contributed by atoms with E-state index in [0.717, 1.165) is 30.9 Å². The van der Waals surface area contributed by atoms with Crippen LogP contribution in [0.15, 0.2) is 18.2 Å². The molecule has 0 unspecified atom stereocenters. The van der Waals surface area contributed by atoms with E-state index in [1.165, 1.54) is 11.1 Å². The van der Waals surface area contributed by atoms with E-state index in [2.05, 4.69) is 54.0 Å². The first-order chi connectivity index (χ1) is 8.58. The predicted molar refractivity (Wildman–Crippen MR) is 76.9 cm³/mol. The maximum atomic E-state index is 4.57. The number of hydrogen-bond acceptors (Lipinski definition) is 2. The van der Waals surface area contributed by atoms with Gasteiger partial charge >= 0.3 is 0 Å². The molecule has 1 heterocycles. The first-order valence-electron chi connectivity index (χ1n) is 6.70. The van der Waals surface area contributed by atoms with Gasteiger partial charge in [0.25, 0.3) is 0 Å². The third-order valence-corrected chi connectivity index (χ3v) is 3.31. The number of nitrogens with one attached hydrogen (secondary N) is 1. The minimum absolute atomic E-state index is 0.714. The van der Waals surface area contributed by atoms with Crippen molar-refractivity contribution >= 4 is 11.0 Å². The van der Waals surface area contributed by atoms with Gasteiger partial charge in [-0.1, -0.05) is 19.9 Å². The lowest BCUT2D eigenvalue weighted by Crippen LogP contribution is -2.22. The lowest BCUT2D eigenvalue weighted by atomic mass is 10.1. The summed E-state index contributed by atoms with van der Waals surface area (Å²) in [5, 5.41) is 3.47. The van der Waals surface area contributed by atoms with Crippen LogP contribution in [0.2, 0.25) is 0 Å². The van der Waals surface area contributed by atoms with E-state index in [4.69, 9.17) is 0 Å². The second-order valence-electron chi connectivity index (χ2n) is 5.39. The summed E-state index contributed by atoms with van der Waals surface area (Å²) in [5.41, 5.74) is 3.68. The molecule has 1 aromatic carbocycles. The molecule has 0 spiro atoms. The molecule has 2 rings (SSSR count). The number of nitrogens with zero attached hydrogens (tertiary/aromatic N) is 2. The molecule has 0 radical (unpaired) electrons. The largest absolute Gasteiger partial charge is 0.331 e. The first-order valence-corrected chi connectivity index (χ1v) is 6.70. The molecule has 2 aromatic rings. The number of benzene rings is 1. The molecule has 1 aromatic heterocycles. The van der Waals surface area contributed by atoms with Gasteiger partial charge in [-0.05, 0) is 50.0 Å². The molecule has 0 aliphatic rings. The lowest BCUT2D eigenvalue weighted by molar-refractivity contribution is 0.554. The van der Waals surface area contributed by atoms with Gasteiger partial charge in [-0.15, -0.1) is 0 Å². The summed E-state index contributed by atoms with van der Waals surface area (Å²) >= 11 is 0. The van der Waals surface area contributed by atoms with Crippen molar-refractivity contribution < 1.29 is 0 Å². The van der Waals surface area contributed by atoms with Crippen molar-refractivity contribution in [2.45, 2.75) is 27.2 Å². The van der Waals surface area contributed by atoms with E-state index in [9.17, 15) is 0 Å². The highest BCUT2D eigenvalue weighted by Crippen LogP contribution is 2.16. The zero-order valence-corrected chi connectivity index (χ0v) is 11.8. The minimum atomic E-state index is 0.714. The molecule has 0 bridgehead atoms. The van der Waals surface area contributed by atoms with Crippen molar-refractivity contribution in [1.82, 2.24) is 14.9 Å². The molecule has 18 heavy (non-hydrogen) atoms. The molecule has 1 N–H and O–H groups in total. The zero-order valence-electron chi connectivity index (χ0n) is 11.8. The predicted octanol–water partition coefficient (Wildman–Crippen LogP) is 2.67. The highest BCUT2D eigenvalue weighted by atomic mass is 15.0. The Bertz CT molecular complexity index is 526. The topological polar surface area (TPSA) is 29.9 Å². The van der Waals surface area contributed by atoms with Gasteiger partial charge in [0.15, 0.2) is 0 Å². The van der Waals surface area contributed by atoms with Gasteiger partial charge in [-0.3, -0.25) is 0 Å². The monoisotopic (exact) mass is 245 g/mol. The van der Waals surface area contributed by atoms with Crippen LogP contribution in [0.1, 0.15) is 25.2 Å². The van der Waals surface area contributed by atoms with Crippen LogP contribution in [0, 0.1) is 12.8 Å². The van der Waals surface area contributed by atoms with Crippen molar-refractivity contribution in [3.05, 3.63) is 29.6 Å². The highest BCUT2D eigenvalue weighted by molar-refractivity contribution is 5.76. The summed E-state index contributed by atoms with van der Waals surface area (Å²) in [4.78, 5) is 4.57. The summed E-state index contributed by atoms with van der Waals surface area (Å²) in [7, 11) is 2.06. The molecule has 3 heteroatoms. The Labute approximate surface area is 109 Å². The second-order valence-corrected chi connectivity index (χ2v) is 5.39. The quantitative estimate of drug-likeness (QED) is 0.821. The Hall–Kier alpha value is -1.35. The van der Waals surface area contributed by atoms with E-state index >= 15 is 0 Å². The summed E-state index contributed by atoms with van der Waals surface area (Å²) in [6.45, 7) is 8.63. The molecule has 0 atom stereocenters. The SMILES string of the molecule is Cc1nc2cc(CCNCC(C)C)ccc2n1C. The molecular weight excluding hydrogens is 222 g/mol. The van der Waals surface area contributed by atoms with Crippen molar-refractivity contribution in [1.29, 1.82) is 0 Å². The fourth-order valence-corrected chi connectivity index (χ4v) is 2.14. The number of rotatable bonds is 5. The van der Waals surface area contributed by atoms with E-state index in [1.807, 2.05) is 6.92 Å². The van der Waals surface area contributed by atoms with Crippen molar-refractivity contribution in [2.75, 3.05) is 13.1 Å². The lowest BCUT2D eigenvalue weighted by Gasteiger charge is -2.07. The van der Waals surface area contributed by atoms with Crippen molar-refractivity contribution in [3.8, 4) is 0 Å². The van der Waals surface area contributed by atoms with Crippen molar-refractivity contribution in [3.63, 3.8) is 0 Å². The molecule has 0 saturated carbocycles. The smallest absolute Gasteiger partial charge is 0.106 e. The van der Waals surface area contributed by atoms with Crippen LogP contribution in [0.25, 0.3) is 11.0 Å². The summed E-state index contributed by atoms with van der Waals surface area (Å²) in [6.07, 6.45) is 1.07. The van der Waals surface area contributed by atoms with Crippen LogP contribution in [0.5, 0.6) is 0 Å². The molecule has 0 saturated heterocycles. The fraction of sp³-hybridized carbons (Fsp3) is 0.533. The molecule has 98 valence electrons. The van der Waals surface area contributed by atoms with E-state index < -0.39 is 0 Å². The Morgan fingerprint density at radius 3 is 2.83 bits per heavy atom. The Morgan fingerprint density at radius 2 is 2.11 bits per heavy atom. The van der Waals surface area contributed by atoms with Crippen LogP contribution < -0.4 is 5.32 Å². The molecule has 0 aliphatic carbocycles. The number of aromatic nitrogens is 2. The second kappa shape index (κ2) is 5.53. The van der Waals surface area contributed by atoms with Crippen LogP contribution in [-0.2, 0) is 13.5 Å². The molecule has 0 amide bonds. The van der Waals surface area contributed by atoms with Crippen LogP contribution >= 0.6 is 0 Å². The average Bonchev–Trinajstić information content (AvgIpc) is 2.60. The van der Waals surface area contributed by atoms with Gasteiger partial charge in [0, 0.05) is 7.05 Å². The number of aryl methyl sites for hydroxylation is 2. The number of fused-ring (bicyclic) bond motifs is 1.